The molecule has 21 heavy (non-hydrogen) atoms. The molecule has 0 radical (unpaired) electrons. The maximum absolute atomic E-state index is 11.9. The van der Waals surface area contributed by atoms with E-state index in [0.717, 1.165) is 5.56 Å². The molecule has 2 rings (SSSR count). The second-order valence-electron chi connectivity index (χ2n) is 5.25. The minimum absolute atomic E-state index is 0.0532. The van der Waals surface area contributed by atoms with Gasteiger partial charge in [0.15, 0.2) is 0 Å². The first kappa shape index (κ1) is 15.4. The molecule has 0 fully saturated rings. The number of carbonyl (C=O) groups excluding carboxylic acids is 1. The van der Waals surface area contributed by atoms with Gasteiger partial charge in [0.25, 0.3) is 0 Å². The molecule has 1 amide bonds. The Kier molecular flexibility index (Phi) is 4.90. The third-order valence-electron chi connectivity index (χ3n) is 3.23. The highest BCUT2D eigenvalue weighted by Gasteiger charge is 2.13. The van der Waals surface area contributed by atoms with Gasteiger partial charge >= 0.3 is 0 Å². The van der Waals surface area contributed by atoms with Gasteiger partial charge in [-0.3, -0.25) is 4.79 Å². The second kappa shape index (κ2) is 6.67. The van der Waals surface area contributed by atoms with Crippen molar-refractivity contribution in [3.8, 4) is 11.4 Å². The molecular formula is C14H18ClN5O. The van der Waals surface area contributed by atoms with E-state index in [4.69, 9.17) is 11.6 Å². The largest absolute Gasteiger partial charge is 0.352 e. The summed E-state index contributed by atoms with van der Waals surface area (Å²) < 4.78 is 0. The highest BCUT2D eigenvalue weighted by Crippen LogP contribution is 2.16. The van der Waals surface area contributed by atoms with Crippen molar-refractivity contribution in [3.63, 3.8) is 0 Å². The topological polar surface area (TPSA) is 72.7 Å². The van der Waals surface area contributed by atoms with Crippen molar-refractivity contribution < 1.29 is 4.79 Å². The standard InChI is InChI=1S/C14H18ClN5O/c1-9(2)10(3)16-13(21)8-20-18-14(17-19-20)11-4-6-12(15)7-5-11/h4-7,9-10H,8H2,1-3H3,(H,16,21). The summed E-state index contributed by atoms with van der Waals surface area (Å²) >= 11 is 5.83. The lowest BCUT2D eigenvalue weighted by Gasteiger charge is -2.16. The number of carbonyl (C=O) groups is 1. The van der Waals surface area contributed by atoms with Gasteiger partial charge in [-0.25, -0.2) is 0 Å². The highest BCUT2D eigenvalue weighted by molar-refractivity contribution is 6.30. The molecular weight excluding hydrogens is 290 g/mol. The van der Waals surface area contributed by atoms with Crippen LogP contribution < -0.4 is 5.32 Å². The zero-order valence-electron chi connectivity index (χ0n) is 12.2. The van der Waals surface area contributed by atoms with Gasteiger partial charge in [-0.15, -0.1) is 10.2 Å². The van der Waals surface area contributed by atoms with Crippen LogP contribution in [0.15, 0.2) is 24.3 Å². The molecule has 0 spiro atoms. The number of aromatic nitrogens is 4. The fraction of sp³-hybridized carbons (Fsp3) is 0.429. The number of nitrogens with zero attached hydrogens (tertiary/aromatic N) is 4. The van der Waals surface area contributed by atoms with Gasteiger partial charge < -0.3 is 5.32 Å². The number of tetrazole rings is 1. The molecule has 1 unspecified atom stereocenters. The van der Waals surface area contributed by atoms with Gasteiger partial charge in [0.2, 0.25) is 11.7 Å². The molecule has 0 aliphatic rings. The van der Waals surface area contributed by atoms with E-state index in [0.29, 0.717) is 16.8 Å². The quantitative estimate of drug-likeness (QED) is 0.918. The van der Waals surface area contributed by atoms with Crippen LogP contribution in [-0.2, 0) is 11.3 Å². The summed E-state index contributed by atoms with van der Waals surface area (Å²) in [6.07, 6.45) is 0. The van der Waals surface area contributed by atoms with Crippen LogP contribution in [-0.4, -0.2) is 32.2 Å². The summed E-state index contributed by atoms with van der Waals surface area (Å²) in [6, 6.07) is 7.25. The summed E-state index contributed by atoms with van der Waals surface area (Å²) in [5.74, 6) is 0.718. The van der Waals surface area contributed by atoms with Gasteiger partial charge in [-0.1, -0.05) is 25.4 Å². The van der Waals surface area contributed by atoms with E-state index in [2.05, 4.69) is 34.6 Å². The van der Waals surface area contributed by atoms with E-state index in [-0.39, 0.29) is 18.5 Å². The summed E-state index contributed by atoms with van der Waals surface area (Å²) in [4.78, 5) is 13.1. The van der Waals surface area contributed by atoms with E-state index in [1.807, 2.05) is 19.1 Å². The lowest BCUT2D eigenvalue weighted by atomic mass is 10.1. The van der Waals surface area contributed by atoms with Gasteiger partial charge in [0.05, 0.1) is 0 Å². The summed E-state index contributed by atoms with van der Waals surface area (Å²) in [7, 11) is 0. The monoisotopic (exact) mass is 307 g/mol. The Morgan fingerprint density at radius 3 is 2.57 bits per heavy atom. The molecule has 0 aliphatic carbocycles. The van der Waals surface area contributed by atoms with Crippen molar-refractivity contribution in [3.05, 3.63) is 29.3 Å². The van der Waals surface area contributed by atoms with Crippen LogP contribution in [0.4, 0.5) is 0 Å². The molecule has 6 nitrogen and oxygen atoms in total. The summed E-state index contributed by atoms with van der Waals surface area (Å²) in [6.45, 7) is 6.13. The van der Waals surface area contributed by atoms with Crippen LogP contribution in [0.2, 0.25) is 5.02 Å². The van der Waals surface area contributed by atoms with Crippen molar-refractivity contribution in [2.75, 3.05) is 0 Å². The number of halogens is 1. The number of rotatable bonds is 5. The highest BCUT2D eigenvalue weighted by atomic mass is 35.5. The van der Waals surface area contributed by atoms with Crippen molar-refractivity contribution in [2.45, 2.75) is 33.4 Å². The molecule has 0 aliphatic heterocycles. The average molecular weight is 308 g/mol. The normalized spacial score (nSPS) is 12.4. The Bertz CT molecular complexity index is 608. The zero-order valence-corrected chi connectivity index (χ0v) is 13.0. The number of amides is 1. The molecule has 2 aromatic rings. The van der Waals surface area contributed by atoms with Crippen molar-refractivity contribution in [1.29, 1.82) is 0 Å². The van der Waals surface area contributed by atoms with E-state index < -0.39 is 0 Å². The van der Waals surface area contributed by atoms with Crippen LogP contribution in [0, 0.1) is 5.92 Å². The fourth-order valence-corrected chi connectivity index (χ4v) is 1.75. The van der Waals surface area contributed by atoms with Gasteiger partial charge in [-0.2, -0.15) is 4.80 Å². The van der Waals surface area contributed by atoms with Crippen molar-refractivity contribution in [2.24, 2.45) is 5.92 Å². The maximum atomic E-state index is 11.9. The predicted molar refractivity (Wildman–Crippen MR) is 80.7 cm³/mol. The van der Waals surface area contributed by atoms with Gasteiger partial charge in [-0.05, 0) is 42.3 Å². The molecule has 112 valence electrons. The van der Waals surface area contributed by atoms with Crippen molar-refractivity contribution in [1.82, 2.24) is 25.5 Å². The fourth-order valence-electron chi connectivity index (χ4n) is 1.62. The molecule has 1 heterocycles. The number of benzene rings is 1. The predicted octanol–water partition coefficient (Wildman–Crippen LogP) is 2.15. The Balaban J connectivity index is 2.00. The summed E-state index contributed by atoms with van der Waals surface area (Å²) in [5.41, 5.74) is 0.807. The third kappa shape index (κ3) is 4.26. The maximum Gasteiger partial charge on any atom is 0.243 e. The Hall–Kier alpha value is -1.95. The van der Waals surface area contributed by atoms with Crippen LogP contribution in [0.5, 0.6) is 0 Å². The molecule has 1 aromatic heterocycles. The first-order valence-electron chi connectivity index (χ1n) is 6.79. The second-order valence-corrected chi connectivity index (χ2v) is 5.69. The van der Waals surface area contributed by atoms with Crippen LogP contribution in [0.25, 0.3) is 11.4 Å². The minimum atomic E-state index is -0.128. The minimum Gasteiger partial charge on any atom is -0.352 e. The molecule has 0 saturated carbocycles. The van der Waals surface area contributed by atoms with Crippen molar-refractivity contribution >= 4 is 17.5 Å². The van der Waals surface area contributed by atoms with Gasteiger partial charge in [0.1, 0.15) is 6.54 Å². The van der Waals surface area contributed by atoms with Crippen LogP contribution in [0.3, 0.4) is 0 Å². The average Bonchev–Trinajstić information content (AvgIpc) is 2.87. The molecule has 1 aromatic carbocycles. The van der Waals surface area contributed by atoms with E-state index in [1.165, 1.54) is 4.80 Å². The first-order valence-corrected chi connectivity index (χ1v) is 7.16. The van der Waals surface area contributed by atoms with Gasteiger partial charge in [0, 0.05) is 16.6 Å². The Morgan fingerprint density at radius 2 is 1.95 bits per heavy atom. The molecule has 0 bridgehead atoms. The van der Waals surface area contributed by atoms with E-state index >= 15 is 0 Å². The first-order chi connectivity index (χ1) is 9.95. The summed E-state index contributed by atoms with van der Waals surface area (Å²) in [5, 5.41) is 15.6. The molecule has 1 atom stereocenters. The third-order valence-corrected chi connectivity index (χ3v) is 3.48. The molecule has 0 saturated heterocycles. The van der Waals surface area contributed by atoms with E-state index in [1.54, 1.807) is 12.1 Å². The molecule has 1 N–H and O–H groups in total. The van der Waals surface area contributed by atoms with E-state index in [9.17, 15) is 4.79 Å². The smallest absolute Gasteiger partial charge is 0.243 e. The molecule has 7 heteroatoms. The number of hydrogen-bond acceptors (Lipinski definition) is 4. The lowest BCUT2D eigenvalue weighted by Crippen LogP contribution is -2.38. The van der Waals surface area contributed by atoms with Crippen LogP contribution in [0.1, 0.15) is 20.8 Å². The van der Waals surface area contributed by atoms with Crippen LogP contribution >= 0.6 is 11.6 Å². The zero-order chi connectivity index (χ0) is 15.4. The Morgan fingerprint density at radius 1 is 1.29 bits per heavy atom. The number of nitrogens with one attached hydrogen (secondary N) is 1. The SMILES string of the molecule is CC(C)C(C)NC(=O)Cn1nnc(-c2ccc(Cl)cc2)n1. The number of hydrogen-bond donors (Lipinski definition) is 1. The Labute approximate surface area is 128 Å². The lowest BCUT2D eigenvalue weighted by molar-refractivity contribution is -0.123.